The molecule has 1 saturated heterocycles. The molecule has 2 amide bonds. The number of hydrogen-bond acceptors (Lipinski definition) is 3. The average molecular weight is 443 g/mol. The Morgan fingerprint density at radius 2 is 1.87 bits per heavy atom. The fourth-order valence-electron chi connectivity index (χ4n) is 3.71. The van der Waals surface area contributed by atoms with Crippen molar-refractivity contribution in [1.29, 1.82) is 0 Å². The van der Waals surface area contributed by atoms with Gasteiger partial charge in [0.2, 0.25) is 5.91 Å². The molecule has 4 rings (SSSR count). The molecule has 1 fully saturated rings. The van der Waals surface area contributed by atoms with Crippen molar-refractivity contribution in [3.63, 3.8) is 0 Å². The quantitative estimate of drug-likeness (QED) is 0.634. The summed E-state index contributed by atoms with van der Waals surface area (Å²) < 4.78 is 1.80. The van der Waals surface area contributed by atoms with Gasteiger partial charge in [0, 0.05) is 39.7 Å². The van der Waals surface area contributed by atoms with Crippen molar-refractivity contribution in [1.82, 2.24) is 14.7 Å². The number of aromatic nitrogens is 2. The Bertz CT molecular complexity index is 1090. The van der Waals surface area contributed by atoms with E-state index in [1.807, 2.05) is 37.3 Å². The van der Waals surface area contributed by atoms with Crippen LogP contribution in [0.25, 0.3) is 5.69 Å². The highest BCUT2D eigenvalue weighted by Crippen LogP contribution is 2.25. The van der Waals surface area contributed by atoms with Gasteiger partial charge in [-0.25, -0.2) is 4.68 Å². The lowest BCUT2D eigenvalue weighted by Crippen LogP contribution is -2.43. The zero-order valence-electron chi connectivity index (χ0n) is 16.3. The van der Waals surface area contributed by atoms with Crippen LogP contribution in [0.4, 0.5) is 5.69 Å². The highest BCUT2D eigenvalue weighted by Gasteiger charge is 2.34. The molecule has 0 bridgehead atoms. The zero-order valence-corrected chi connectivity index (χ0v) is 17.8. The first kappa shape index (κ1) is 20.4. The second-order valence-electron chi connectivity index (χ2n) is 7.24. The molecule has 1 aliphatic heterocycles. The standard InChI is InChI=1S/C22H20Cl2N4O2/c1-14-7-8-25-28(14)19-5-2-4-18(13-19)26-21(29)20-6-3-9-27(20)22(30)15-10-16(23)12-17(24)11-15/h2,4-5,7-8,10-13,20H,3,6,9H2,1H3,(H,26,29). The van der Waals surface area contributed by atoms with E-state index < -0.39 is 6.04 Å². The molecule has 1 unspecified atom stereocenters. The van der Waals surface area contributed by atoms with Gasteiger partial charge in [0.25, 0.3) is 5.91 Å². The van der Waals surface area contributed by atoms with E-state index in [1.54, 1.807) is 34.0 Å². The number of amides is 2. The van der Waals surface area contributed by atoms with E-state index in [1.165, 1.54) is 0 Å². The minimum Gasteiger partial charge on any atom is -0.327 e. The number of nitrogens with one attached hydrogen (secondary N) is 1. The van der Waals surface area contributed by atoms with Crippen molar-refractivity contribution in [2.75, 3.05) is 11.9 Å². The van der Waals surface area contributed by atoms with Crippen molar-refractivity contribution >= 4 is 40.7 Å². The van der Waals surface area contributed by atoms with Gasteiger partial charge in [-0.15, -0.1) is 0 Å². The number of carbonyl (C=O) groups excluding carboxylic acids is 2. The molecule has 0 aliphatic carbocycles. The first-order chi connectivity index (χ1) is 14.4. The van der Waals surface area contributed by atoms with Gasteiger partial charge in [0.1, 0.15) is 6.04 Å². The smallest absolute Gasteiger partial charge is 0.254 e. The minimum absolute atomic E-state index is 0.219. The van der Waals surface area contributed by atoms with E-state index >= 15 is 0 Å². The topological polar surface area (TPSA) is 67.2 Å². The molecule has 1 N–H and O–H groups in total. The summed E-state index contributed by atoms with van der Waals surface area (Å²) >= 11 is 12.1. The van der Waals surface area contributed by atoms with Crippen molar-refractivity contribution in [2.24, 2.45) is 0 Å². The maximum atomic E-state index is 13.0. The number of likely N-dealkylation sites (tertiary alicyclic amines) is 1. The molecule has 1 aliphatic rings. The van der Waals surface area contributed by atoms with E-state index in [4.69, 9.17) is 23.2 Å². The molecular formula is C22H20Cl2N4O2. The third kappa shape index (κ3) is 4.20. The van der Waals surface area contributed by atoms with Crippen LogP contribution in [0.5, 0.6) is 0 Å². The monoisotopic (exact) mass is 442 g/mol. The molecule has 3 aromatic rings. The molecule has 2 aromatic carbocycles. The highest BCUT2D eigenvalue weighted by atomic mass is 35.5. The SMILES string of the molecule is Cc1ccnn1-c1cccc(NC(=O)C2CCCN2C(=O)c2cc(Cl)cc(Cl)c2)c1. The molecular weight excluding hydrogens is 423 g/mol. The van der Waals surface area contributed by atoms with Crippen LogP contribution < -0.4 is 5.32 Å². The van der Waals surface area contributed by atoms with Gasteiger partial charge in [-0.1, -0.05) is 29.3 Å². The minimum atomic E-state index is -0.551. The van der Waals surface area contributed by atoms with E-state index in [0.29, 0.717) is 34.3 Å². The predicted octanol–water partition coefficient (Wildman–Crippen LogP) is 4.73. The molecule has 1 atom stereocenters. The van der Waals surface area contributed by atoms with Gasteiger partial charge < -0.3 is 10.2 Å². The summed E-state index contributed by atoms with van der Waals surface area (Å²) in [5.74, 6) is -0.471. The van der Waals surface area contributed by atoms with Crippen molar-refractivity contribution in [3.8, 4) is 5.69 Å². The van der Waals surface area contributed by atoms with Crippen LogP contribution in [0.3, 0.4) is 0 Å². The van der Waals surface area contributed by atoms with E-state index in [0.717, 1.165) is 17.8 Å². The molecule has 2 heterocycles. The maximum absolute atomic E-state index is 13.0. The molecule has 30 heavy (non-hydrogen) atoms. The maximum Gasteiger partial charge on any atom is 0.254 e. The van der Waals surface area contributed by atoms with E-state index in [2.05, 4.69) is 10.4 Å². The molecule has 1 aromatic heterocycles. The second kappa shape index (κ2) is 8.50. The average Bonchev–Trinajstić information content (AvgIpc) is 3.36. The molecule has 0 saturated carbocycles. The Morgan fingerprint density at radius 3 is 2.57 bits per heavy atom. The first-order valence-corrected chi connectivity index (χ1v) is 10.4. The largest absolute Gasteiger partial charge is 0.327 e. The second-order valence-corrected chi connectivity index (χ2v) is 8.11. The third-order valence-electron chi connectivity index (χ3n) is 5.12. The number of benzene rings is 2. The third-order valence-corrected chi connectivity index (χ3v) is 5.55. The summed E-state index contributed by atoms with van der Waals surface area (Å²) in [5, 5.41) is 8.01. The lowest BCUT2D eigenvalue weighted by molar-refractivity contribution is -0.119. The highest BCUT2D eigenvalue weighted by molar-refractivity contribution is 6.35. The van der Waals surface area contributed by atoms with Crippen LogP contribution in [-0.2, 0) is 4.79 Å². The van der Waals surface area contributed by atoms with E-state index in [-0.39, 0.29) is 11.8 Å². The lowest BCUT2D eigenvalue weighted by atomic mass is 10.1. The molecule has 0 spiro atoms. The number of rotatable bonds is 4. The number of carbonyl (C=O) groups is 2. The van der Waals surface area contributed by atoms with Gasteiger partial charge in [-0.05, 0) is 62.2 Å². The Hall–Kier alpha value is -2.83. The number of halogens is 2. The Morgan fingerprint density at radius 1 is 1.10 bits per heavy atom. The normalized spacial score (nSPS) is 16.0. The van der Waals surface area contributed by atoms with Crippen LogP contribution in [-0.4, -0.2) is 39.1 Å². The summed E-state index contributed by atoms with van der Waals surface area (Å²) in [6.45, 7) is 2.47. The predicted molar refractivity (Wildman–Crippen MR) is 117 cm³/mol. The van der Waals surface area contributed by atoms with Crippen LogP contribution >= 0.6 is 23.2 Å². The summed E-state index contributed by atoms with van der Waals surface area (Å²) in [5.41, 5.74) is 2.87. The van der Waals surface area contributed by atoms with Crippen molar-refractivity contribution in [2.45, 2.75) is 25.8 Å². The zero-order chi connectivity index (χ0) is 21.3. The summed E-state index contributed by atoms with van der Waals surface area (Å²) in [7, 11) is 0. The van der Waals surface area contributed by atoms with Crippen molar-refractivity contribution in [3.05, 3.63) is 76.0 Å². The summed E-state index contributed by atoms with van der Waals surface area (Å²) in [6, 6.07) is 13.5. The van der Waals surface area contributed by atoms with Gasteiger partial charge in [-0.3, -0.25) is 9.59 Å². The number of hydrogen-bond donors (Lipinski definition) is 1. The fourth-order valence-corrected chi connectivity index (χ4v) is 4.23. The number of aryl methyl sites for hydroxylation is 1. The van der Waals surface area contributed by atoms with Crippen LogP contribution in [0.1, 0.15) is 28.9 Å². The fraction of sp³-hybridized carbons (Fsp3) is 0.227. The van der Waals surface area contributed by atoms with Gasteiger partial charge in [0.15, 0.2) is 0 Å². The Balaban J connectivity index is 1.52. The Kier molecular flexibility index (Phi) is 5.79. The Labute approximate surface area is 184 Å². The molecule has 8 heteroatoms. The molecule has 0 radical (unpaired) electrons. The first-order valence-electron chi connectivity index (χ1n) is 9.61. The lowest BCUT2D eigenvalue weighted by Gasteiger charge is -2.24. The van der Waals surface area contributed by atoms with Crippen LogP contribution in [0.15, 0.2) is 54.7 Å². The van der Waals surface area contributed by atoms with Crippen LogP contribution in [0.2, 0.25) is 10.0 Å². The van der Waals surface area contributed by atoms with Gasteiger partial charge in [0.05, 0.1) is 5.69 Å². The molecule has 154 valence electrons. The van der Waals surface area contributed by atoms with Crippen molar-refractivity contribution < 1.29 is 9.59 Å². The molecule has 6 nitrogen and oxygen atoms in total. The van der Waals surface area contributed by atoms with Gasteiger partial charge in [-0.2, -0.15) is 5.10 Å². The summed E-state index contributed by atoms with van der Waals surface area (Å²) in [4.78, 5) is 27.5. The summed E-state index contributed by atoms with van der Waals surface area (Å²) in [6.07, 6.45) is 3.08. The number of anilines is 1. The van der Waals surface area contributed by atoms with E-state index in [9.17, 15) is 9.59 Å². The van der Waals surface area contributed by atoms with Gasteiger partial charge >= 0.3 is 0 Å². The number of nitrogens with zero attached hydrogens (tertiary/aromatic N) is 3. The van der Waals surface area contributed by atoms with Crippen LogP contribution in [0, 0.1) is 6.92 Å².